The van der Waals surface area contributed by atoms with Gasteiger partial charge in [0, 0.05) is 64.2 Å². The number of aliphatic hydroxyl groups excluding tert-OH is 2. The summed E-state index contributed by atoms with van der Waals surface area (Å²) in [6.07, 6.45) is 22.8. The van der Waals surface area contributed by atoms with Gasteiger partial charge in [0.15, 0.2) is 0 Å². The minimum absolute atomic E-state index is 0.104. The molecular weight excluding hydrogens is 1350 g/mol. The van der Waals surface area contributed by atoms with Crippen LogP contribution in [-0.2, 0) is 15.9 Å². The molecule has 6 saturated carbocycles. The van der Waals surface area contributed by atoms with Crippen molar-refractivity contribution in [2.24, 2.45) is 52.8 Å². The minimum atomic E-state index is -3.96. The number of alkyl halides is 9. The number of likely N-dealkylation sites (N-methyl/N-ethyl adjacent to an activating group) is 1. The zero-order chi connectivity index (χ0) is 81.6. The fourth-order valence-corrected chi connectivity index (χ4v) is 7.35. The summed E-state index contributed by atoms with van der Waals surface area (Å²) in [4.78, 5) is 2.27. The van der Waals surface area contributed by atoms with E-state index in [4.69, 9.17) is 31.3 Å². The second-order valence-corrected chi connectivity index (χ2v) is 32.7. The van der Waals surface area contributed by atoms with Crippen LogP contribution in [0.15, 0.2) is 78.9 Å². The summed E-state index contributed by atoms with van der Waals surface area (Å²) in [5.74, 6) is 4.16. The Balaban J connectivity index is -0.000000193. The van der Waals surface area contributed by atoms with Crippen molar-refractivity contribution in [3.63, 3.8) is 0 Å². The Morgan fingerprint density at radius 2 is 0.779 bits per heavy atom. The highest BCUT2D eigenvalue weighted by atomic mass is 35.5. The highest BCUT2D eigenvalue weighted by Gasteiger charge is 2.53. The first-order valence-corrected chi connectivity index (χ1v) is 41.0. The van der Waals surface area contributed by atoms with Crippen molar-refractivity contribution in [3.05, 3.63) is 107 Å². The van der Waals surface area contributed by atoms with Gasteiger partial charge < -0.3 is 24.6 Å². The lowest BCUT2D eigenvalue weighted by atomic mass is 9.88. The molecule has 0 aromatic heterocycles. The van der Waals surface area contributed by atoms with Crippen LogP contribution in [0.2, 0.25) is 0 Å². The molecule has 11 rings (SSSR count). The number of benzene rings is 3. The normalized spacial score (nSPS) is 18.0. The van der Waals surface area contributed by atoms with E-state index < -0.39 is 30.6 Å². The maximum atomic E-state index is 11.8. The van der Waals surface area contributed by atoms with Gasteiger partial charge in [-0.3, -0.25) is 0 Å². The topological polar surface area (TPSA) is 62.2 Å². The number of hydrogen-bond donors (Lipinski definition) is 2. The molecule has 5 nitrogen and oxygen atoms in total. The van der Waals surface area contributed by atoms with Gasteiger partial charge in [0.25, 0.3) is 5.92 Å². The molecule has 104 heavy (non-hydrogen) atoms. The molecule has 0 spiro atoms. The van der Waals surface area contributed by atoms with E-state index >= 15 is 0 Å². The standard InChI is InChI=1S/C9H12.C8H10.C7H14.C7H8.C6H12O.C6H12.C5H11NO.C5H10.C5H12.C4H9ClO.C4H6F2.C4H7F.C4H8.2C4H10.C3H5F3.C3H8O.C2H4F2/c1-3-9-6-4-8(2)5-7-9;1-7-3-5-8(2)6-4-7;2*1-7-5-3-2-4-6-7;1-6-2-4-7-5-3-6;1-6-4-2-3-5-6;1-6-2-4-7-5-3-6;1-5-3-2-4-5;1-5(2,3)4;1-4(2-5)3-6;1-3-2-4(3,5)6;1-4(5)2-3-4;1-4-2-3-4;1-4(2)3;1-3-4-2;1-2-3(4,5)6;1-2-3-4;1-2(3)4/h4-7H,3H2,1-2H3;3-6H,1-2H3;7H,2-6H2,1H3;2-6H,1H3;6H,2-5H2,1H3;6H,2-5H2,1H3;2-5H2,1H3;5H,2-4H2,1H3;1-4H3;4,6H,2-3H2,1H3;3H,2H2,1H3;2-3H2,1H3;4H,2-3H2,1H3;4H,1-3H3;3-4H2,1-2H3;2H2,1H3;4H,2-3H2,1H3;2H,1H3/t;;;;;;;;;4-;3-;;;;;;;/m.........00......./s1. The summed E-state index contributed by atoms with van der Waals surface area (Å²) in [5, 5.41) is 16.1. The zero-order valence-corrected chi connectivity index (χ0v) is 72.9. The molecule has 0 unspecified atom stereocenters. The number of halogens is 9. The number of hydrogen-bond acceptors (Lipinski definition) is 5. The maximum absolute atomic E-state index is 11.8. The lowest BCUT2D eigenvalue weighted by Gasteiger charge is -2.21. The van der Waals surface area contributed by atoms with Crippen LogP contribution in [0.3, 0.4) is 0 Å². The molecule has 0 amide bonds. The van der Waals surface area contributed by atoms with E-state index in [1.54, 1.807) is 13.8 Å². The summed E-state index contributed by atoms with van der Waals surface area (Å²) < 4.78 is 98.1. The van der Waals surface area contributed by atoms with E-state index in [1.807, 2.05) is 32.0 Å². The summed E-state index contributed by atoms with van der Waals surface area (Å²) in [6.45, 7) is 57.2. The van der Waals surface area contributed by atoms with E-state index in [1.165, 1.54) is 143 Å². The van der Waals surface area contributed by atoms with Crippen molar-refractivity contribution in [1.82, 2.24) is 4.90 Å². The molecule has 3 aromatic rings. The molecule has 2 atom stereocenters. The Bertz CT molecular complexity index is 2000. The molecule has 0 bridgehead atoms. The van der Waals surface area contributed by atoms with Crippen LogP contribution in [0, 0.1) is 80.5 Å². The van der Waals surface area contributed by atoms with Gasteiger partial charge in [-0.2, -0.15) is 13.2 Å². The largest absolute Gasteiger partial charge is 0.396 e. The van der Waals surface area contributed by atoms with Crippen LogP contribution < -0.4 is 0 Å². The molecule has 8 aliphatic rings. The molecule has 2 N–H and O–H groups in total. The second kappa shape index (κ2) is 75.6. The van der Waals surface area contributed by atoms with Gasteiger partial charge in [-0.1, -0.05) is 335 Å². The van der Waals surface area contributed by atoms with Gasteiger partial charge in [-0.15, -0.1) is 11.6 Å². The van der Waals surface area contributed by atoms with Gasteiger partial charge >= 0.3 is 6.18 Å². The number of ether oxygens (including phenoxy) is 2. The molecular formula is C90H168ClF8NO4. The average molecular weight is 1520 g/mol. The smallest absolute Gasteiger partial charge is 0.388 e. The van der Waals surface area contributed by atoms with Crippen LogP contribution in [0.5, 0.6) is 0 Å². The molecule has 2 saturated heterocycles. The van der Waals surface area contributed by atoms with Gasteiger partial charge in [-0.05, 0) is 140 Å². The lowest BCUT2D eigenvalue weighted by molar-refractivity contribution is -0.130. The van der Waals surface area contributed by atoms with Crippen LogP contribution in [0.4, 0.5) is 35.1 Å². The third-order valence-electron chi connectivity index (χ3n) is 16.0. The number of aliphatic hydroxyl groups is 2. The number of rotatable bonds is 5. The van der Waals surface area contributed by atoms with E-state index in [0.717, 1.165) is 115 Å². The molecule has 620 valence electrons. The molecule has 2 aliphatic heterocycles. The predicted molar refractivity (Wildman–Crippen MR) is 443 cm³/mol. The SMILES string of the molecule is CC(C)(C)C.CC(C)C.CC(F)F.CC1(F)CC1.CC1CC1.CC1CCC1.CC1CCCC1.CC1CCCCC1.CC1CCOCC1.CCC(F)(F)F.CCCC.CCCO.CCc1ccc(C)cc1.CN1CCOCC1.C[C@H](CO)CCl.C[C@H]1CC1(F)F.Cc1ccc(C)cc1.Cc1ccccc1. The monoisotopic (exact) mass is 1510 g/mol. The van der Waals surface area contributed by atoms with E-state index in [2.05, 4.69) is 204 Å². The second-order valence-electron chi connectivity index (χ2n) is 32.4. The summed E-state index contributed by atoms with van der Waals surface area (Å²) in [5.41, 5.74) is 6.49. The Morgan fingerprint density at radius 1 is 0.510 bits per heavy atom. The maximum Gasteiger partial charge on any atom is 0.388 e. The Kier molecular flexibility index (Phi) is 83.2. The summed E-state index contributed by atoms with van der Waals surface area (Å²) in [6, 6.07) is 27.4. The third kappa shape index (κ3) is 118. The van der Waals surface area contributed by atoms with Crippen LogP contribution in [0.25, 0.3) is 0 Å². The zero-order valence-electron chi connectivity index (χ0n) is 72.1. The highest BCUT2D eigenvalue weighted by molar-refractivity contribution is 6.18. The lowest BCUT2D eigenvalue weighted by Crippen LogP contribution is -2.32. The average Bonchev–Trinajstić information content (AvgIpc) is 1.67. The van der Waals surface area contributed by atoms with Gasteiger partial charge in [-0.25, -0.2) is 22.0 Å². The number of aryl methyl sites for hydroxylation is 5. The van der Waals surface area contributed by atoms with Crippen LogP contribution in [-0.4, -0.2) is 105 Å². The van der Waals surface area contributed by atoms with E-state index in [-0.39, 0.29) is 24.9 Å². The first kappa shape index (κ1) is 114. The first-order valence-electron chi connectivity index (χ1n) is 40.5. The van der Waals surface area contributed by atoms with E-state index in [9.17, 15) is 35.1 Å². The molecule has 2 heterocycles. The molecule has 8 fully saturated rings. The predicted octanol–water partition coefficient (Wildman–Crippen LogP) is 29.4. The Morgan fingerprint density at radius 3 is 0.904 bits per heavy atom. The van der Waals surface area contributed by atoms with Crippen molar-refractivity contribution >= 4 is 11.6 Å². The van der Waals surface area contributed by atoms with Gasteiger partial charge in [0.2, 0.25) is 6.43 Å². The van der Waals surface area contributed by atoms with Crippen LogP contribution in [0.1, 0.15) is 321 Å². The number of unbranched alkanes of at least 4 members (excludes halogenated alkanes) is 1. The molecule has 0 radical (unpaired) electrons. The fraction of sp³-hybridized carbons (Fsp3) is 0.800. The van der Waals surface area contributed by atoms with Crippen molar-refractivity contribution in [3.8, 4) is 0 Å². The van der Waals surface area contributed by atoms with Crippen molar-refractivity contribution in [1.29, 1.82) is 0 Å². The molecule has 6 aliphatic carbocycles. The van der Waals surface area contributed by atoms with Gasteiger partial charge in [0.1, 0.15) is 5.67 Å². The fourth-order valence-electron chi connectivity index (χ4n) is 7.25. The van der Waals surface area contributed by atoms with E-state index in [0.29, 0.717) is 17.9 Å². The van der Waals surface area contributed by atoms with Crippen molar-refractivity contribution in [2.75, 3.05) is 65.7 Å². The Hall–Kier alpha value is -2.81. The first-order chi connectivity index (χ1) is 48.4. The summed E-state index contributed by atoms with van der Waals surface area (Å²) in [7, 11) is 2.11. The van der Waals surface area contributed by atoms with Crippen LogP contribution >= 0.6 is 11.6 Å². The molecule has 3 aromatic carbocycles. The van der Waals surface area contributed by atoms with Crippen molar-refractivity contribution in [2.45, 2.75) is 351 Å². The van der Waals surface area contributed by atoms with Gasteiger partial charge in [0.05, 0.1) is 13.2 Å². The summed E-state index contributed by atoms with van der Waals surface area (Å²) >= 11 is 5.29. The van der Waals surface area contributed by atoms with Crippen molar-refractivity contribution < 1.29 is 54.8 Å². The third-order valence-corrected chi connectivity index (χ3v) is 16.5. The quantitative estimate of drug-likeness (QED) is 0.197. The molecule has 14 heteroatoms. The minimum Gasteiger partial charge on any atom is -0.396 e. The Labute approximate surface area is 644 Å². The highest BCUT2D eigenvalue weighted by Crippen LogP contribution is 2.47. The number of nitrogens with zero attached hydrogens (tertiary/aromatic N) is 1. The number of morpholine rings is 1.